The van der Waals surface area contributed by atoms with E-state index in [1.165, 1.54) is 31.4 Å². The molecule has 21 heavy (non-hydrogen) atoms. The number of hydrogen-bond acceptors (Lipinski definition) is 5. The van der Waals surface area contributed by atoms with Gasteiger partial charge in [-0.15, -0.1) is 0 Å². The quantitative estimate of drug-likeness (QED) is 0.692. The molecule has 0 saturated heterocycles. The number of rotatable bonds is 3. The van der Waals surface area contributed by atoms with E-state index in [1.54, 1.807) is 0 Å². The van der Waals surface area contributed by atoms with E-state index in [0.29, 0.717) is 11.3 Å². The first-order chi connectivity index (χ1) is 10.0. The van der Waals surface area contributed by atoms with Crippen molar-refractivity contribution in [3.63, 3.8) is 0 Å². The van der Waals surface area contributed by atoms with Crippen LogP contribution in [0.4, 0.5) is 5.69 Å². The predicted molar refractivity (Wildman–Crippen MR) is 73.4 cm³/mol. The van der Waals surface area contributed by atoms with Crippen LogP contribution >= 0.6 is 0 Å². The lowest BCUT2D eigenvalue weighted by Crippen LogP contribution is -2.29. The van der Waals surface area contributed by atoms with Crippen molar-refractivity contribution in [1.29, 1.82) is 0 Å². The highest BCUT2D eigenvalue weighted by molar-refractivity contribution is 6.04. The number of carbonyl (C=O) groups excluding carboxylic acids is 2. The van der Waals surface area contributed by atoms with E-state index < -0.39 is 23.1 Å². The molecule has 8 heteroatoms. The summed E-state index contributed by atoms with van der Waals surface area (Å²) in [6, 6.07) is 5.92. The Hall–Kier alpha value is -3.16. The van der Waals surface area contributed by atoms with Crippen LogP contribution in [0.15, 0.2) is 40.1 Å². The van der Waals surface area contributed by atoms with Gasteiger partial charge in [0.2, 0.25) is 0 Å². The zero-order valence-electron chi connectivity index (χ0n) is 10.9. The van der Waals surface area contributed by atoms with Crippen LogP contribution in [0.3, 0.4) is 0 Å². The number of esters is 1. The first-order valence-corrected chi connectivity index (χ1v) is 5.83. The largest absolute Gasteiger partial charge is 0.465 e. The molecule has 1 amide bonds. The van der Waals surface area contributed by atoms with Gasteiger partial charge in [0, 0.05) is 11.9 Å². The summed E-state index contributed by atoms with van der Waals surface area (Å²) in [4.78, 5) is 49.6. The molecule has 108 valence electrons. The SMILES string of the molecule is COC(=O)c1ccc(NC(=O)c2c[nH]c(=O)[nH]c2=O)cc1. The third kappa shape index (κ3) is 3.24. The van der Waals surface area contributed by atoms with E-state index in [-0.39, 0.29) is 5.56 Å². The number of anilines is 1. The first-order valence-electron chi connectivity index (χ1n) is 5.83. The van der Waals surface area contributed by atoms with Gasteiger partial charge >= 0.3 is 11.7 Å². The molecule has 8 nitrogen and oxygen atoms in total. The normalized spacial score (nSPS) is 9.95. The number of ether oxygens (including phenoxy) is 1. The van der Waals surface area contributed by atoms with Gasteiger partial charge < -0.3 is 15.0 Å². The second-order valence-electron chi connectivity index (χ2n) is 4.01. The second-order valence-corrected chi connectivity index (χ2v) is 4.01. The van der Waals surface area contributed by atoms with Crippen LogP contribution in [-0.4, -0.2) is 29.0 Å². The van der Waals surface area contributed by atoms with Crippen LogP contribution in [0.25, 0.3) is 0 Å². The smallest absolute Gasteiger partial charge is 0.337 e. The van der Waals surface area contributed by atoms with E-state index in [0.717, 1.165) is 6.20 Å². The molecule has 0 bridgehead atoms. The molecule has 0 atom stereocenters. The molecule has 1 aromatic heterocycles. The van der Waals surface area contributed by atoms with Gasteiger partial charge in [-0.1, -0.05) is 0 Å². The number of nitrogens with one attached hydrogen (secondary N) is 3. The molecule has 0 aliphatic heterocycles. The summed E-state index contributed by atoms with van der Waals surface area (Å²) in [7, 11) is 1.26. The zero-order chi connectivity index (χ0) is 15.4. The van der Waals surface area contributed by atoms with Gasteiger partial charge in [-0.3, -0.25) is 14.6 Å². The predicted octanol–water partition coefficient (Wildman–Crippen LogP) is 0.102. The minimum atomic E-state index is -0.789. The fourth-order valence-corrected chi connectivity index (χ4v) is 1.58. The minimum absolute atomic E-state index is 0.230. The molecule has 1 heterocycles. The Labute approximate surface area is 117 Å². The van der Waals surface area contributed by atoms with Crippen molar-refractivity contribution < 1.29 is 14.3 Å². The Kier molecular flexibility index (Phi) is 3.98. The average molecular weight is 289 g/mol. The standard InChI is InChI=1S/C13H11N3O5/c1-21-12(19)7-2-4-8(5-3-7)15-10(17)9-6-14-13(20)16-11(9)18/h2-6H,1H3,(H,15,17)(H2,14,16,18,20). The molecule has 1 aromatic carbocycles. The summed E-state index contributed by atoms with van der Waals surface area (Å²) in [6.07, 6.45) is 1.03. The number of hydrogen-bond donors (Lipinski definition) is 3. The van der Waals surface area contributed by atoms with E-state index in [1.807, 2.05) is 4.98 Å². The zero-order valence-corrected chi connectivity index (χ0v) is 10.9. The lowest BCUT2D eigenvalue weighted by molar-refractivity contribution is 0.0600. The summed E-state index contributed by atoms with van der Waals surface area (Å²) >= 11 is 0. The fourth-order valence-electron chi connectivity index (χ4n) is 1.58. The lowest BCUT2D eigenvalue weighted by atomic mass is 10.2. The van der Waals surface area contributed by atoms with Gasteiger partial charge in [0.25, 0.3) is 11.5 Å². The molecular weight excluding hydrogens is 278 g/mol. The number of methoxy groups -OCH3 is 1. The molecule has 0 aliphatic rings. The molecule has 3 N–H and O–H groups in total. The maximum Gasteiger partial charge on any atom is 0.337 e. The first kappa shape index (κ1) is 14.3. The van der Waals surface area contributed by atoms with Gasteiger partial charge in [-0.05, 0) is 24.3 Å². The maximum atomic E-state index is 11.9. The average Bonchev–Trinajstić information content (AvgIpc) is 2.47. The third-order valence-electron chi connectivity index (χ3n) is 2.63. The summed E-state index contributed by atoms with van der Waals surface area (Å²) in [6.45, 7) is 0. The van der Waals surface area contributed by atoms with Crippen molar-refractivity contribution in [2.45, 2.75) is 0 Å². The van der Waals surface area contributed by atoms with Crippen molar-refractivity contribution in [3.8, 4) is 0 Å². The van der Waals surface area contributed by atoms with Gasteiger partial charge in [-0.2, -0.15) is 0 Å². The van der Waals surface area contributed by atoms with E-state index >= 15 is 0 Å². The van der Waals surface area contributed by atoms with Crippen LogP contribution in [0.1, 0.15) is 20.7 Å². The van der Waals surface area contributed by atoms with Crippen molar-refractivity contribution in [1.82, 2.24) is 9.97 Å². The summed E-state index contributed by atoms with van der Waals surface area (Å²) in [5, 5.41) is 2.47. The number of aromatic amines is 2. The van der Waals surface area contributed by atoms with E-state index in [9.17, 15) is 19.2 Å². The highest BCUT2D eigenvalue weighted by Crippen LogP contribution is 2.11. The van der Waals surface area contributed by atoms with Gasteiger partial charge in [0.05, 0.1) is 12.7 Å². The highest BCUT2D eigenvalue weighted by Gasteiger charge is 2.11. The van der Waals surface area contributed by atoms with Crippen molar-refractivity contribution in [2.24, 2.45) is 0 Å². The Morgan fingerprint density at radius 2 is 1.81 bits per heavy atom. The Balaban J connectivity index is 2.18. The molecule has 0 fully saturated rings. The van der Waals surface area contributed by atoms with Crippen molar-refractivity contribution in [2.75, 3.05) is 12.4 Å². The topological polar surface area (TPSA) is 121 Å². The summed E-state index contributed by atoms with van der Waals surface area (Å²) in [5.74, 6) is -1.18. The Morgan fingerprint density at radius 1 is 1.14 bits per heavy atom. The number of H-pyrrole nitrogens is 2. The van der Waals surface area contributed by atoms with Gasteiger partial charge in [0.1, 0.15) is 5.56 Å². The molecule has 2 rings (SSSR count). The fraction of sp³-hybridized carbons (Fsp3) is 0.0769. The second kappa shape index (κ2) is 5.87. The lowest BCUT2D eigenvalue weighted by Gasteiger charge is -2.05. The molecular formula is C13H11N3O5. The monoisotopic (exact) mass is 289 g/mol. The van der Waals surface area contributed by atoms with Crippen LogP contribution < -0.4 is 16.6 Å². The summed E-state index contributed by atoms with van der Waals surface area (Å²) < 4.78 is 4.55. The van der Waals surface area contributed by atoms with Gasteiger partial charge in [-0.25, -0.2) is 9.59 Å². The molecule has 0 unspecified atom stereocenters. The van der Waals surface area contributed by atoms with Crippen LogP contribution in [0, 0.1) is 0 Å². The van der Waals surface area contributed by atoms with E-state index in [4.69, 9.17) is 0 Å². The Bertz CT molecular complexity index is 788. The molecule has 0 aliphatic carbocycles. The number of aromatic nitrogens is 2. The molecule has 0 saturated carbocycles. The minimum Gasteiger partial charge on any atom is -0.465 e. The summed E-state index contributed by atoms with van der Waals surface area (Å²) in [5.41, 5.74) is -0.997. The van der Waals surface area contributed by atoms with Gasteiger partial charge in [0.15, 0.2) is 0 Å². The van der Waals surface area contributed by atoms with Crippen molar-refractivity contribution in [3.05, 3.63) is 62.4 Å². The van der Waals surface area contributed by atoms with Crippen LogP contribution in [-0.2, 0) is 4.74 Å². The molecule has 2 aromatic rings. The van der Waals surface area contributed by atoms with Crippen LogP contribution in [0.2, 0.25) is 0 Å². The third-order valence-corrected chi connectivity index (χ3v) is 2.63. The van der Waals surface area contributed by atoms with Crippen molar-refractivity contribution >= 4 is 17.6 Å². The number of amides is 1. The molecule has 0 spiro atoms. The number of carbonyl (C=O) groups is 2. The van der Waals surface area contributed by atoms with E-state index in [2.05, 4.69) is 15.0 Å². The highest BCUT2D eigenvalue weighted by atomic mass is 16.5. The van der Waals surface area contributed by atoms with Crippen LogP contribution in [0.5, 0.6) is 0 Å². The maximum absolute atomic E-state index is 11.9. The number of benzene rings is 1. The molecule has 0 radical (unpaired) electrons. The Morgan fingerprint density at radius 3 is 2.38 bits per heavy atom.